The number of carbonyl (C=O) groups is 1. The third kappa shape index (κ3) is 4.23. The zero-order valence-electron chi connectivity index (χ0n) is 14.5. The molecule has 6 heteroatoms. The van der Waals surface area contributed by atoms with Gasteiger partial charge >= 0.3 is 5.91 Å². The maximum atomic E-state index is 11.6. The minimum atomic E-state index is -0.914. The van der Waals surface area contributed by atoms with Crippen LogP contribution in [0.25, 0.3) is 17.0 Å². The van der Waals surface area contributed by atoms with E-state index in [1.54, 1.807) is 11.6 Å². The lowest BCUT2D eigenvalue weighted by molar-refractivity contribution is -0.114. The Labute approximate surface area is 146 Å². The van der Waals surface area contributed by atoms with Gasteiger partial charge in [-0.1, -0.05) is 36.8 Å². The summed E-state index contributed by atoms with van der Waals surface area (Å²) in [5, 5.41) is 14.1. The molecule has 1 aromatic heterocycles. The van der Waals surface area contributed by atoms with E-state index in [2.05, 4.69) is 10.3 Å². The van der Waals surface area contributed by atoms with Crippen molar-refractivity contribution >= 4 is 17.8 Å². The normalized spacial score (nSPS) is 12.1. The molecule has 0 aliphatic heterocycles. The molecule has 0 fully saturated rings. The van der Waals surface area contributed by atoms with Crippen molar-refractivity contribution in [1.29, 1.82) is 5.41 Å². The molecule has 1 amide bonds. The molecule has 6 nitrogen and oxygen atoms in total. The van der Waals surface area contributed by atoms with Gasteiger partial charge in [-0.25, -0.2) is 4.68 Å². The first-order valence-electron chi connectivity index (χ1n) is 7.93. The predicted molar refractivity (Wildman–Crippen MR) is 99.4 cm³/mol. The van der Waals surface area contributed by atoms with Crippen LogP contribution < -0.4 is 0 Å². The highest BCUT2D eigenvalue weighted by Gasteiger charge is 2.13. The molecule has 128 valence electrons. The first-order valence-corrected chi connectivity index (χ1v) is 7.93. The number of nitrogens with zero attached hydrogens (tertiary/aromatic N) is 3. The van der Waals surface area contributed by atoms with Gasteiger partial charge in [0.25, 0.3) is 0 Å². The molecule has 2 rings (SSSR count). The van der Waals surface area contributed by atoms with Crippen LogP contribution in [0.1, 0.15) is 25.1 Å². The fourth-order valence-corrected chi connectivity index (χ4v) is 2.41. The summed E-state index contributed by atoms with van der Waals surface area (Å²) in [5.74, 6) is -0.914. The van der Waals surface area contributed by atoms with Crippen LogP contribution in [0.15, 0.2) is 53.2 Å². The lowest BCUT2D eigenvalue weighted by Crippen LogP contribution is -2.03. The van der Waals surface area contributed by atoms with Crippen LogP contribution in [-0.2, 0) is 11.2 Å². The second-order valence-corrected chi connectivity index (χ2v) is 5.62. The number of hydrogen-bond donors (Lipinski definition) is 1. The number of nitroso groups, excluding NO2 is 1. The van der Waals surface area contributed by atoms with E-state index >= 15 is 0 Å². The van der Waals surface area contributed by atoms with Crippen LogP contribution in [-0.4, -0.2) is 21.9 Å². The Bertz CT molecular complexity index is 858. The molecule has 0 aliphatic carbocycles. The summed E-state index contributed by atoms with van der Waals surface area (Å²) in [6, 6.07) is 10.1. The number of allylic oxidation sites excluding steroid dienone is 2. The van der Waals surface area contributed by atoms with E-state index in [4.69, 9.17) is 5.41 Å². The van der Waals surface area contributed by atoms with Gasteiger partial charge in [-0.15, -0.1) is 4.91 Å². The van der Waals surface area contributed by atoms with Gasteiger partial charge in [-0.05, 0) is 38.5 Å². The van der Waals surface area contributed by atoms with E-state index in [1.165, 1.54) is 12.2 Å². The molecule has 25 heavy (non-hydrogen) atoms. The maximum absolute atomic E-state index is 11.6. The summed E-state index contributed by atoms with van der Waals surface area (Å²) in [4.78, 5) is 22.1. The molecule has 0 saturated heterocycles. The zero-order valence-corrected chi connectivity index (χ0v) is 14.5. The first kappa shape index (κ1) is 18.2. The number of hydrogen-bond acceptors (Lipinski definition) is 4. The highest BCUT2D eigenvalue weighted by molar-refractivity contribution is 6.01. The molecule has 0 unspecified atom stereocenters. The summed E-state index contributed by atoms with van der Waals surface area (Å²) in [6.07, 6.45) is 4.47. The summed E-state index contributed by atoms with van der Waals surface area (Å²) in [5.41, 5.74) is 4.68. The zero-order chi connectivity index (χ0) is 18.4. The average Bonchev–Trinajstić information content (AvgIpc) is 3.05. The van der Waals surface area contributed by atoms with Crippen molar-refractivity contribution in [2.24, 2.45) is 5.18 Å². The molecular formula is C19H20N4O2. The second kappa shape index (κ2) is 8.10. The monoisotopic (exact) mass is 336 g/mol. The predicted octanol–water partition coefficient (Wildman–Crippen LogP) is 4.15. The second-order valence-electron chi connectivity index (χ2n) is 5.62. The third-order valence-corrected chi connectivity index (χ3v) is 3.76. The van der Waals surface area contributed by atoms with Crippen molar-refractivity contribution in [3.05, 3.63) is 64.2 Å². The van der Waals surface area contributed by atoms with Gasteiger partial charge in [0.05, 0.1) is 11.4 Å². The standard InChI is InChI=1S/C19H20N4O2/c1-4-17-12-18(15-7-5-13(2)6-8-15)23(21-17)14(3)11-16(9-10-20)19(24)22-25/h5-12,20H,4H2,1-3H3/b14-11+,16-9+,20-10?. The molecule has 1 N–H and O–H groups in total. The third-order valence-electron chi connectivity index (χ3n) is 3.76. The van der Waals surface area contributed by atoms with Gasteiger partial charge < -0.3 is 5.41 Å². The van der Waals surface area contributed by atoms with E-state index in [0.29, 0.717) is 5.70 Å². The number of benzene rings is 1. The molecule has 2 aromatic rings. The number of nitrogens with one attached hydrogen (secondary N) is 1. The van der Waals surface area contributed by atoms with E-state index < -0.39 is 5.91 Å². The van der Waals surface area contributed by atoms with Gasteiger partial charge in [-0.3, -0.25) is 4.79 Å². The van der Waals surface area contributed by atoms with Gasteiger partial charge in [0.15, 0.2) is 0 Å². The quantitative estimate of drug-likeness (QED) is 0.372. The lowest BCUT2D eigenvalue weighted by atomic mass is 10.1. The topological polar surface area (TPSA) is 88.2 Å². The summed E-state index contributed by atoms with van der Waals surface area (Å²) >= 11 is 0. The molecule has 1 aromatic carbocycles. The molecule has 0 atom stereocenters. The average molecular weight is 336 g/mol. The Morgan fingerprint density at radius 3 is 2.56 bits per heavy atom. The molecular weight excluding hydrogens is 316 g/mol. The minimum Gasteiger partial charge on any atom is -0.309 e. The SMILES string of the molecule is CCc1cc(-c2ccc(C)cc2)n(/C(C)=C/C(=C\C=N)C(=O)N=O)n1. The highest BCUT2D eigenvalue weighted by Crippen LogP contribution is 2.25. The van der Waals surface area contributed by atoms with Crippen molar-refractivity contribution in [2.75, 3.05) is 0 Å². The van der Waals surface area contributed by atoms with Crippen LogP contribution in [0.3, 0.4) is 0 Å². The Morgan fingerprint density at radius 1 is 1.32 bits per heavy atom. The smallest absolute Gasteiger partial charge is 0.309 e. The Kier molecular flexibility index (Phi) is 5.89. The summed E-state index contributed by atoms with van der Waals surface area (Å²) < 4.78 is 1.74. The van der Waals surface area contributed by atoms with Crippen LogP contribution in [0, 0.1) is 17.2 Å². The van der Waals surface area contributed by atoms with Gasteiger partial charge in [0.1, 0.15) is 0 Å². The van der Waals surface area contributed by atoms with Crippen molar-refractivity contribution in [1.82, 2.24) is 9.78 Å². The van der Waals surface area contributed by atoms with Crippen LogP contribution >= 0.6 is 0 Å². The lowest BCUT2D eigenvalue weighted by Gasteiger charge is -2.08. The van der Waals surface area contributed by atoms with Crippen LogP contribution in [0.2, 0.25) is 0 Å². The van der Waals surface area contributed by atoms with Gasteiger partial charge in [0, 0.05) is 28.2 Å². The number of rotatable bonds is 6. The molecule has 1 heterocycles. The Balaban J connectivity index is 2.55. The van der Waals surface area contributed by atoms with Gasteiger partial charge in [0.2, 0.25) is 0 Å². The summed E-state index contributed by atoms with van der Waals surface area (Å²) in [7, 11) is 0. The fourth-order valence-electron chi connectivity index (χ4n) is 2.41. The number of aromatic nitrogens is 2. The van der Waals surface area contributed by atoms with E-state index in [1.807, 2.05) is 44.2 Å². The van der Waals surface area contributed by atoms with Crippen molar-refractivity contribution in [3.63, 3.8) is 0 Å². The number of amides is 1. The molecule has 0 aliphatic rings. The minimum absolute atomic E-state index is 0.0471. The molecule has 0 bridgehead atoms. The fraction of sp³-hybridized carbons (Fsp3) is 0.211. The van der Waals surface area contributed by atoms with E-state index in [-0.39, 0.29) is 5.57 Å². The van der Waals surface area contributed by atoms with Crippen LogP contribution in [0.4, 0.5) is 0 Å². The molecule has 0 saturated carbocycles. The van der Waals surface area contributed by atoms with E-state index in [9.17, 15) is 9.70 Å². The van der Waals surface area contributed by atoms with Crippen molar-refractivity contribution in [3.8, 4) is 11.3 Å². The van der Waals surface area contributed by atoms with Crippen LogP contribution in [0.5, 0.6) is 0 Å². The maximum Gasteiger partial charge on any atom is 0.316 e. The van der Waals surface area contributed by atoms with Crippen molar-refractivity contribution in [2.45, 2.75) is 27.2 Å². The molecule has 0 spiro atoms. The Morgan fingerprint density at radius 2 is 2.00 bits per heavy atom. The number of carbonyl (C=O) groups excluding carboxylic acids is 1. The molecule has 0 radical (unpaired) electrons. The highest BCUT2D eigenvalue weighted by atomic mass is 16.3. The number of aryl methyl sites for hydroxylation is 2. The Hall–Kier alpha value is -3.15. The van der Waals surface area contributed by atoms with E-state index in [0.717, 1.165) is 35.2 Å². The van der Waals surface area contributed by atoms with Crippen molar-refractivity contribution < 1.29 is 4.79 Å². The van der Waals surface area contributed by atoms with Gasteiger partial charge in [-0.2, -0.15) is 5.10 Å². The largest absolute Gasteiger partial charge is 0.316 e. The first-order chi connectivity index (χ1) is 12.0. The summed E-state index contributed by atoms with van der Waals surface area (Å²) in [6.45, 7) is 5.83.